The first kappa shape index (κ1) is 14.7. The van der Waals surface area contributed by atoms with Crippen LogP contribution < -0.4 is 0 Å². The fraction of sp³-hybridized carbons (Fsp3) is 0.769. The van der Waals surface area contributed by atoms with Gasteiger partial charge in [-0.3, -0.25) is 14.4 Å². The highest BCUT2D eigenvalue weighted by molar-refractivity contribution is 6.15. The molecular formula is C13H20O5. The van der Waals surface area contributed by atoms with Gasteiger partial charge >= 0.3 is 11.9 Å². The molecule has 1 aliphatic heterocycles. The van der Waals surface area contributed by atoms with Gasteiger partial charge in [0.15, 0.2) is 5.78 Å². The van der Waals surface area contributed by atoms with Crippen molar-refractivity contribution in [3.8, 4) is 0 Å². The van der Waals surface area contributed by atoms with Crippen molar-refractivity contribution < 1.29 is 23.9 Å². The van der Waals surface area contributed by atoms with Crippen molar-refractivity contribution in [1.29, 1.82) is 0 Å². The summed E-state index contributed by atoms with van der Waals surface area (Å²) in [6.45, 7) is 5.00. The Morgan fingerprint density at radius 3 is 2.17 bits per heavy atom. The van der Waals surface area contributed by atoms with Gasteiger partial charge in [-0.1, -0.05) is 26.2 Å². The van der Waals surface area contributed by atoms with E-state index in [2.05, 4.69) is 6.92 Å². The van der Waals surface area contributed by atoms with Gasteiger partial charge in [0, 0.05) is 20.3 Å². The lowest BCUT2D eigenvalue weighted by Gasteiger charge is -2.32. The summed E-state index contributed by atoms with van der Waals surface area (Å²) < 4.78 is 9.80. The summed E-state index contributed by atoms with van der Waals surface area (Å²) in [4.78, 5) is 35.0. The number of cyclic esters (lactones) is 2. The summed E-state index contributed by atoms with van der Waals surface area (Å²) in [5.41, 5.74) is 0. The van der Waals surface area contributed by atoms with Gasteiger partial charge in [0.05, 0.1) is 0 Å². The molecule has 0 aliphatic carbocycles. The second-order valence-electron chi connectivity index (χ2n) is 4.95. The van der Waals surface area contributed by atoms with Crippen molar-refractivity contribution in [3.05, 3.63) is 0 Å². The highest BCUT2D eigenvalue weighted by atomic mass is 16.7. The highest BCUT2D eigenvalue weighted by Gasteiger charge is 2.46. The molecule has 18 heavy (non-hydrogen) atoms. The zero-order valence-electron chi connectivity index (χ0n) is 11.2. The monoisotopic (exact) mass is 256 g/mol. The quantitative estimate of drug-likeness (QED) is 0.413. The van der Waals surface area contributed by atoms with E-state index >= 15 is 0 Å². The van der Waals surface area contributed by atoms with Gasteiger partial charge in [-0.15, -0.1) is 0 Å². The number of carbonyl (C=O) groups is 3. The normalized spacial score (nSPS) is 19.3. The van der Waals surface area contributed by atoms with E-state index in [0.717, 1.165) is 19.3 Å². The smallest absolute Gasteiger partial charge is 0.331 e. The SMILES string of the molecule is CCCCCCC(=O)C1C(=O)OC(C)(C)OC1=O. The third-order valence-corrected chi connectivity index (χ3v) is 2.76. The number of hydrogen-bond acceptors (Lipinski definition) is 5. The van der Waals surface area contributed by atoms with Gasteiger partial charge in [0.2, 0.25) is 5.92 Å². The van der Waals surface area contributed by atoms with E-state index in [1.165, 1.54) is 13.8 Å². The first-order chi connectivity index (χ1) is 8.37. The van der Waals surface area contributed by atoms with Crippen LogP contribution in [0.4, 0.5) is 0 Å². The molecule has 0 atom stereocenters. The summed E-state index contributed by atoms with van der Waals surface area (Å²) >= 11 is 0. The lowest BCUT2D eigenvalue weighted by atomic mass is 9.98. The molecule has 0 aromatic heterocycles. The number of Topliss-reactive ketones (excluding diaryl/α,β-unsaturated/α-hetero) is 1. The van der Waals surface area contributed by atoms with Crippen LogP contribution in [0.3, 0.4) is 0 Å². The van der Waals surface area contributed by atoms with Crippen LogP contribution in [0.15, 0.2) is 0 Å². The molecule has 0 aromatic rings. The molecule has 1 heterocycles. The van der Waals surface area contributed by atoms with Gasteiger partial charge in [-0.05, 0) is 6.42 Å². The number of unbranched alkanes of at least 4 members (excludes halogenated alkanes) is 3. The minimum atomic E-state index is -1.39. The summed E-state index contributed by atoms with van der Waals surface area (Å²) in [6, 6.07) is 0. The second-order valence-corrected chi connectivity index (χ2v) is 4.95. The Kier molecular flexibility index (Phi) is 4.87. The molecule has 0 bridgehead atoms. The largest absolute Gasteiger partial charge is 0.422 e. The van der Waals surface area contributed by atoms with Crippen molar-refractivity contribution in [2.45, 2.75) is 58.7 Å². The molecule has 0 radical (unpaired) electrons. The van der Waals surface area contributed by atoms with Crippen LogP contribution in [0, 0.1) is 5.92 Å². The molecule has 5 heteroatoms. The third-order valence-electron chi connectivity index (χ3n) is 2.76. The Balaban J connectivity index is 2.52. The van der Waals surface area contributed by atoms with Gasteiger partial charge in [-0.25, -0.2) is 0 Å². The van der Waals surface area contributed by atoms with E-state index in [-0.39, 0.29) is 6.42 Å². The van der Waals surface area contributed by atoms with Crippen LogP contribution in [-0.4, -0.2) is 23.5 Å². The van der Waals surface area contributed by atoms with E-state index in [9.17, 15) is 14.4 Å². The molecule has 0 unspecified atom stereocenters. The Hall–Kier alpha value is -1.39. The van der Waals surface area contributed by atoms with Crippen molar-refractivity contribution in [2.75, 3.05) is 0 Å². The molecule has 1 saturated heterocycles. The van der Waals surface area contributed by atoms with Crippen molar-refractivity contribution in [3.63, 3.8) is 0 Å². The maximum absolute atomic E-state index is 11.8. The maximum atomic E-state index is 11.8. The fourth-order valence-electron chi connectivity index (χ4n) is 1.85. The zero-order valence-corrected chi connectivity index (χ0v) is 11.2. The number of carbonyl (C=O) groups excluding carboxylic acids is 3. The molecule has 0 N–H and O–H groups in total. The van der Waals surface area contributed by atoms with Crippen LogP contribution in [0.1, 0.15) is 52.9 Å². The molecule has 1 rings (SSSR count). The van der Waals surface area contributed by atoms with Crippen LogP contribution in [-0.2, 0) is 23.9 Å². The zero-order chi connectivity index (χ0) is 13.8. The summed E-state index contributed by atoms with van der Waals surface area (Å²) in [5, 5.41) is 0. The van der Waals surface area contributed by atoms with Crippen LogP contribution in [0.2, 0.25) is 0 Å². The minimum absolute atomic E-state index is 0.218. The molecule has 102 valence electrons. The first-order valence-corrected chi connectivity index (χ1v) is 6.36. The summed E-state index contributed by atoms with van der Waals surface area (Å²) in [7, 11) is 0. The number of ether oxygens (including phenoxy) is 2. The fourth-order valence-corrected chi connectivity index (χ4v) is 1.85. The molecule has 0 amide bonds. The Labute approximate surface area is 107 Å². The average Bonchev–Trinajstić information content (AvgIpc) is 2.21. The van der Waals surface area contributed by atoms with Gasteiger partial charge < -0.3 is 9.47 Å². The highest BCUT2D eigenvalue weighted by Crippen LogP contribution is 2.24. The topological polar surface area (TPSA) is 69.7 Å². The average molecular weight is 256 g/mol. The second kappa shape index (κ2) is 5.98. The van der Waals surface area contributed by atoms with E-state index in [1.54, 1.807) is 0 Å². The molecule has 1 fully saturated rings. The van der Waals surface area contributed by atoms with Crippen LogP contribution >= 0.6 is 0 Å². The van der Waals surface area contributed by atoms with E-state index < -0.39 is 29.4 Å². The van der Waals surface area contributed by atoms with E-state index in [0.29, 0.717) is 6.42 Å². The van der Waals surface area contributed by atoms with E-state index in [1.807, 2.05) is 0 Å². The number of esters is 2. The Bertz CT molecular complexity index is 325. The minimum Gasteiger partial charge on any atom is -0.422 e. The molecule has 0 spiro atoms. The molecular weight excluding hydrogens is 236 g/mol. The van der Waals surface area contributed by atoms with Gasteiger partial charge in [0.25, 0.3) is 5.79 Å². The Morgan fingerprint density at radius 2 is 1.67 bits per heavy atom. The standard InChI is InChI=1S/C13H20O5/c1-4-5-6-7-8-9(14)10-11(15)17-13(2,3)18-12(10)16/h10H,4-8H2,1-3H3. The summed E-state index contributed by atoms with van der Waals surface area (Å²) in [5.74, 6) is -4.66. The predicted molar refractivity (Wildman–Crippen MR) is 63.5 cm³/mol. The molecule has 0 aromatic carbocycles. The number of ketones is 1. The van der Waals surface area contributed by atoms with Crippen molar-refractivity contribution >= 4 is 17.7 Å². The third kappa shape index (κ3) is 3.82. The number of hydrogen-bond donors (Lipinski definition) is 0. The molecule has 5 nitrogen and oxygen atoms in total. The lowest BCUT2D eigenvalue weighted by molar-refractivity contribution is -0.238. The molecule has 0 saturated carbocycles. The van der Waals surface area contributed by atoms with Gasteiger partial charge in [-0.2, -0.15) is 0 Å². The Morgan fingerprint density at radius 1 is 1.11 bits per heavy atom. The first-order valence-electron chi connectivity index (χ1n) is 6.36. The van der Waals surface area contributed by atoms with Crippen LogP contribution in [0.25, 0.3) is 0 Å². The van der Waals surface area contributed by atoms with Crippen molar-refractivity contribution in [1.82, 2.24) is 0 Å². The summed E-state index contributed by atoms with van der Waals surface area (Å²) in [6.07, 6.45) is 3.93. The number of rotatable bonds is 6. The molecule has 1 aliphatic rings. The maximum Gasteiger partial charge on any atom is 0.331 e. The van der Waals surface area contributed by atoms with Crippen molar-refractivity contribution in [2.24, 2.45) is 5.92 Å². The predicted octanol–water partition coefficient (Wildman–Crippen LogP) is 1.98. The lowest BCUT2D eigenvalue weighted by Crippen LogP contribution is -2.49. The van der Waals surface area contributed by atoms with E-state index in [4.69, 9.17) is 9.47 Å². The van der Waals surface area contributed by atoms with Gasteiger partial charge in [0.1, 0.15) is 0 Å². The van der Waals surface area contributed by atoms with Crippen LogP contribution in [0.5, 0.6) is 0 Å².